The molecule has 0 amide bonds. The second-order valence-electron chi connectivity index (χ2n) is 7.91. The molecule has 0 bridgehead atoms. The number of hydrogen-bond donors (Lipinski definition) is 1. The SMILES string of the molecule is Cc1cc(C)c(S(=O)(=O)NC2Cn3c(=O)n(C)c4cccc(c43)C2C)c(C)c1. The highest BCUT2D eigenvalue weighted by molar-refractivity contribution is 7.89. The molecule has 28 heavy (non-hydrogen) atoms. The van der Waals surface area contributed by atoms with E-state index in [1.165, 1.54) is 0 Å². The molecule has 1 aromatic heterocycles. The first kappa shape index (κ1) is 19.0. The van der Waals surface area contributed by atoms with Crippen LogP contribution in [-0.2, 0) is 23.6 Å². The Morgan fingerprint density at radius 2 is 1.75 bits per heavy atom. The number of sulfonamides is 1. The summed E-state index contributed by atoms with van der Waals surface area (Å²) in [6.07, 6.45) is 0. The maximum absolute atomic E-state index is 13.2. The third-order valence-corrected chi connectivity index (χ3v) is 7.64. The number of rotatable bonds is 3. The van der Waals surface area contributed by atoms with Gasteiger partial charge in [0.15, 0.2) is 0 Å². The number of hydrogen-bond acceptors (Lipinski definition) is 3. The Balaban J connectivity index is 1.78. The van der Waals surface area contributed by atoms with Crippen molar-refractivity contribution in [1.29, 1.82) is 0 Å². The van der Waals surface area contributed by atoms with Crippen LogP contribution in [0.2, 0.25) is 0 Å². The van der Waals surface area contributed by atoms with Crippen LogP contribution in [0.5, 0.6) is 0 Å². The topological polar surface area (TPSA) is 73.1 Å². The number of imidazole rings is 1. The van der Waals surface area contributed by atoms with Crippen molar-refractivity contribution in [2.75, 3.05) is 0 Å². The third-order valence-electron chi connectivity index (χ3n) is 5.85. The Kier molecular flexibility index (Phi) is 4.28. The molecule has 1 aliphatic rings. The second kappa shape index (κ2) is 6.32. The van der Waals surface area contributed by atoms with Gasteiger partial charge in [-0.2, -0.15) is 0 Å². The minimum atomic E-state index is -3.72. The molecule has 2 aromatic carbocycles. The molecular weight excluding hydrogens is 374 g/mol. The number of para-hydroxylation sites is 1. The fourth-order valence-corrected chi connectivity index (χ4v) is 6.35. The zero-order chi connectivity index (χ0) is 20.4. The van der Waals surface area contributed by atoms with E-state index in [9.17, 15) is 13.2 Å². The van der Waals surface area contributed by atoms with Gasteiger partial charge in [0.1, 0.15) is 0 Å². The van der Waals surface area contributed by atoms with E-state index < -0.39 is 16.1 Å². The van der Waals surface area contributed by atoms with Gasteiger partial charge in [-0.1, -0.05) is 36.8 Å². The highest BCUT2D eigenvalue weighted by Gasteiger charge is 2.34. The van der Waals surface area contributed by atoms with E-state index in [2.05, 4.69) is 4.72 Å². The number of benzene rings is 2. The lowest BCUT2D eigenvalue weighted by atomic mass is 9.90. The van der Waals surface area contributed by atoms with E-state index in [-0.39, 0.29) is 11.6 Å². The second-order valence-corrected chi connectivity index (χ2v) is 9.56. The minimum absolute atomic E-state index is 0.0497. The van der Waals surface area contributed by atoms with Crippen LogP contribution in [-0.4, -0.2) is 23.6 Å². The molecule has 7 heteroatoms. The Morgan fingerprint density at radius 1 is 1.11 bits per heavy atom. The number of aryl methyl sites for hydroxylation is 4. The van der Waals surface area contributed by atoms with Crippen molar-refractivity contribution < 1.29 is 8.42 Å². The summed E-state index contributed by atoms with van der Waals surface area (Å²) in [4.78, 5) is 13.0. The predicted molar refractivity (Wildman–Crippen MR) is 110 cm³/mol. The first-order chi connectivity index (χ1) is 13.1. The summed E-state index contributed by atoms with van der Waals surface area (Å²) in [6, 6.07) is 9.18. The molecule has 0 spiro atoms. The number of aromatic nitrogens is 2. The van der Waals surface area contributed by atoms with Crippen molar-refractivity contribution in [3.63, 3.8) is 0 Å². The first-order valence-corrected chi connectivity index (χ1v) is 10.9. The van der Waals surface area contributed by atoms with Crippen LogP contribution in [0.25, 0.3) is 11.0 Å². The average molecular weight is 400 g/mol. The van der Waals surface area contributed by atoms with Crippen molar-refractivity contribution in [3.8, 4) is 0 Å². The number of nitrogens with zero attached hydrogens (tertiary/aromatic N) is 2. The molecule has 2 unspecified atom stereocenters. The van der Waals surface area contributed by atoms with Crippen LogP contribution in [0.4, 0.5) is 0 Å². The van der Waals surface area contributed by atoms with Gasteiger partial charge in [0.05, 0.1) is 15.9 Å². The molecule has 0 saturated carbocycles. The number of nitrogens with one attached hydrogen (secondary N) is 1. The summed E-state index contributed by atoms with van der Waals surface area (Å²) in [7, 11) is -1.97. The van der Waals surface area contributed by atoms with Gasteiger partial charge in [-0.25, -0.2) is 17.9 Å². The molecule has 4 rings (SSSR count). The molecule has 0 radical (unpaired) electrons. The fourth-order valence-electron chi connectivity index (χ4n) is 4.59. The van der Waals surface area contributed by atoms with Crippen LogP contribution in [0, 0.1) is 20.8 Å². The third kappa shape index (κ3) is 2.72. The Bertz CT molecular complexity index is 1250. The summed E-state index contributed by atoms with van der Waals surface area (Å²) < 4.78 is 32.7. The summed E-state index contributed by atoms with van der Waals surface area (Å²) in [5, 5.41) is 0. The molecule has 148 valence electrons. The average Bonchev–Trinajstić information content (AvgIpc) is 2.83. The van der Waals surface area contributed by atoms with Crippen molar-refractivity contribution >= 4 is 21.1 Å². The molecule has 2 heterocycles. The van der Waals surface area contributed by atoms with E-state index in [1.807, 2.05) is 58.0 Å². The summed E-state index contributed by atoms with van der Waals surface area (Å²) in [5.41, 5.74) is 5.14. The van der Waals surface area contributed by atoms with Crippen LogP contribution in [0.1, 0.15) is 35.1 Å². The molecule has 2 atom stereocenters. The Morgan fingerprint density at radius 3 is 2.39 bits per heavy atom. The van der Waals surface area contributed by atoms with Gasteiger partial charge in [0, 0.05) is 25.6 Å². The largest absolute Gasteiger partial charge is 0.328 e. The van der Waals surface area contributed by atoms with Crippen LogP contribution < -0.4 is 10.4 Å². The lowest BCUT2D eigenvalue weighted by Gasteiger charge is -2.31. The highest BCUT2D eigenvalue weighted by Crippen LogP contribution is 2.33. The summed E-state index contributed by atoms with van der Waals surface area (Å²) in [6.45, 7) is 7.92. The van der Waals surface area contributed by atoms with Crippen LogP contribution in [0.15, 0.2) is 40.0 Å². The zero-order valence-electron chi connectivity index (χ0n) is 16.8. The van der Waals surface area contributed by atoms with Gasteiger partial charge in [-0.05, 0) is 43.5 Å². The summed E-state index contributed by atoms with van der Waals surface area (Å²) in [5.74, 6) is -0.0497. The molecule has 0 saturated heterocycles. The maximum atomic E-state index is 13.2. The van der Waals surface area contributed by atoms with Crippen molar-refractivity contribution in [3.05, 3.63) is 63.1 Å². The standard InChI is InChI=1S/C21H25N3O3S/c1-12-9-13(2)20(14(3)10-12)28(26,27)22-17-11-24-19-16(15(17)4)7-6-8-18(19)23(5)21(24)25/h6-10,15,17,22H,11H2,1-5H3. The van der Waals surface area contributed by atoms with E-state index in [1.54, 1.807) is 16.2 Å². The minimum Gasteiger partial charge on any atom is -0.295 e. The van der Waals surface area contributed by atoms with Crippen molar-refractivity contribution in [2.24, 2.45) is 7.05 Å². The first-order valence-electron chi connectivity index (χ1n) is 9.40. The van der Waals surface area contributed by atoms with Gasteiger partial charge >= 0.3 is 5.69 Å². The van der Waals surface area contributed by atoms with E-state index in [0.29, 0.717) is 11.4 Å². The van der Waals surface area contributed by atoms with E-state index >= 15 is 0 Å². The molecule has 1 N–H and O–H groups in total. The smallest absolute Gasteiger partial charge is 0.295 e. The van der Waals surface area contributed by atoms with Gasteiger partial charge in [-0.3, -0.25) is 9.13 Å². The van der Waals surface area contributed by atoms with Crippen LogP contribution in [0.3, 0.4) is 0 Å². The van der Waals surface area contributed by atoms with Crippen molar-refractivity contribution in [2.45, 2.75) is 51.1 Å². The monoisotopic (exact) mass is 399 g/mol. The molecule has 0 aliphatic carbocycles. The lowest BCUT2D eigenvalue weighted by molar-refractivity contribution is 0.427. The van der Waals surface area contributed by atoms with E-state index in [4.69, 9.17) is 0 Å². The summed E-state index contributed by atoms with van der Waals surface area (Å²) >= 11 is 0. The van der Waals surface area contributed by atoms with Crippen LogP contribution >= 0.6 is 0 Å². The van der Waals surface area contributed by atoms with Gasteiger partial charge < -0.3 is 0 Å². The molecule has 1 aliphatic heterocycles. The normalized spacial score (nSPS) is 19.3. The Labute approximate surface area is 164 Å². The molecule has 0 fully saturated rings. The highest BCUT2D eigenvalue weighted by atomic mass is 32.2. The van der Waals surface area contributed by atoms with Gasteiger partial charge in [0.25, 0.3) is 0 Å². The van der Waals surface area contributed by atoms with Gasteiger partial charge in [-0.15, -0.1) is 0 Å². The Hall–Kier alpha value is -2.38. The molecular formula is C21H25N3O3S. The quantitative estimate of drug-likeness (QED) is 0.736. The zero-order valence-corrected chi connectivity index (χ0v) is 17.6. The fraction of sp³-hybridized carbons (Fsp3) is 0.381. The van der Waals surface area contributed by atoms with E-state index in [0.717, 1.165) is 33.3 Å². The van der Waals surface area contributed by atoms with Crippen molar-refractivity contribution in [1.82, 2.24) is 13.9 Å². The molecule has 3 aromatic rings. The lowest BCUT2D eigenvalue weighted by Crippen LogP contribution is -2.45. The molecule has 6 nitrogen and oxygen atoms in total. The maximum Gasteiger partial charge on any atom is 0.328 e. The van der Waals surface area contributed by atoms with Gasteiger partial charge in [0.2, 0.25) is 10.0 Å². The predicted octanol–water partition coefficient (Wildman–Crippen LogP) is 2.73.